The smallest absolute Gasteiger partial charge is 0.0991 e. The first-order chi connectivity index (χ1) is 10.0. The molecule has 0 fully saturated rings. The van der Waals surface area contributed by atoms with E-state index in [1.807, 2.05) is 18.2 Å². The summed E-state index contributed by atoms with van der Waals surface area (Å²) in [5.74, 6) is -0.224. The molecule has 0 aliphatic carbocycles. The Hall–Kier alpha value is -2.58. The van der Waals surface area contributed by atoms with Crippen molar-refractivity contribution in [3.63, 3.8) is 0 Å². The molecule has 2 aromatic rings. The monoisotopic (exact) mass is 274 g/mol. The fourth-order valence-corrected chi connectivity index (χ4v) is 2.80. The van der Waals surface area contributed by atoms with Crippen LogP contribution in [0.1, 0.15) is 39.3 Å². The Balaban J connectivity index is 2.37. The summed E-state index contributed by atoms with van der Waals surface area (Å²) in [5, 5.41) is 18.5. The third kappa shape index (κ3) is 3.30. The second-order valence-corrected chi connectivity index (χ2v) is 5.50. The van der Waals surface area contributed by atoms with E-state index in [0.29, 0.717) is 12.0 Å². The molecular weight excluding hydrogens is 256 g/mol. The molecule has 0 aromatic heterocycles. The van der Waals surface area contributed by atoms with E-state index >= 15 is 0 Å². The van der Waals surface area contributed by atoms with Gasteiger partial charge >= 0.3 is 0 Å². The lowest BCUT2D eigenvalue weighted by Crippen LogP contribution is -2.04. The van der Waals surface area contributed by atoms with Gasteiger partial charge in [-0.05, 0) is 61.6 Å². The maximum atomic E-state index is 9.51. The molecule has 0 amide bonds. The van der Waals surface area contributed by atoms with E-state index in [2.05, 4.69) is 45.0 Å². The molecule has 104 valence electrons. The molecule has 2 nitrogen and oxygen atoms in total. The summed E-state index contributed by atoms with van der Waals surface area (Å²) in [6.45, 7) is 6.27. The van der Waals surface area contributed by atoms with Crippen molar-refractivity contribution in [1.29, 1.82) is 10.5 Å². The highest BCUT2D eigenvalue weighted by Crippen LogP contribution is 2.26. The quantitative estimate of drug-likeness (QED) is 0.836. The Morgan fingerprint density at radius 3 is 2.24 bits per heavy atom. The van der Waals surface area contributed by atoms with E-state index in [9.17, 15) is 5.26 Å². The maximum absolute atomic E-state index is 9.51. The second-order valence-electron chi connectivity index (χ2n) is 5.50. The average molecular weight is 274 g/mol. The molecule has 0 aliphatic heterocycles. The van der Waals surface area contributed by atoms with Crippen LogP contribution in [0.3, 0.4) is 0 Å². The Morgan fingerprint density at radius 1 is 1.00 bits per heavy atom. The van der Waals surface area contributed by atoms with E-state index in [4.69, 9.17) is 5.26 Å². The molecular formula is C19H18N2. The Kier molecular flexibility index (Phi) is 4.41. The second kappa shape index (κ2) is 6.25. The molecule has 0 radical (unpaired) electrons. The fourth-order valence-electron chi connectivity index (χ4n) is 2.80. The van der Waals surface area contributed by atoms with E-state index in [0.717, 1.165) is 5.56 Å². The van der Waals surface area contributed by atoms with E-state index in [-0.39, 0.29) is 5.92 Å². The third-order valence-electron chi connectivity index (χ3n) is 3.82. The van der Waals surface area contributed by atoms with E-state index < -0.39 is 0 Å². The number of benzene rings is 2. The summed E-state index contributed by atoms with van der Waals surface area (Å²) < 4.78 is 0. The highest BCUT2D eigenvalue weighted by Gasteiger charge is 2.15. The topological polar surface area (TPSA) is 47.6 Å². The van der Waals surface area contributed by atoms with Gasteiger partial charge in [-0.25, -0.2) is 0 Å². The van der Waals surface area contributed by atoms with Gasteiger partial charge in [-0.3, -0.25) is 0 Å². The molecule has 2 rings (SSSR count). The van der Waals surface area contributed by atoms with Crippen LogP contribution in [-0.4, -0.2) is 0 Å². The standard InChI is InChI=1S/C19H18N2/c1-13-7-14(2)19(15(3)8-13)10-18(12-21)17-6-4-5-16(9-17)11-20/h4-9,18H,10H2,1-3H3. The number of aryl methyl sites for hydroxylation is 3. The van der Waals surface area contributed by atoms with Crippen molar-refractivity contribution in [2.24, 2.45) is 0 Å². The first-order valence-electron chi connectivity index (χ1n) is 7.01. The number of nitriles is 2. The average Bonchev–Trinajstić information content (AvgIpc) is 2.46. The highest BCUT2D eigenvalue weighted by atomic mass is 14.3. The molecule has 21 heavy (non-hydrogen) atoms. The van der Waals surface area contributed by atoms with Crippen LogP contribution in [-0.2, 0) is 6.42 Å². The van der Waals surface area contributed by atoms with Crippen molar-refractivity contribution < 1.29 is 0 Å². The lowest BCUT2D eigenvalue weighted by atomic mass is 9.88. The minimum atomic E-state index is -0.224. The van der Waals surface area contributed by atoms with Gasteiger partial charge in [0.15, 0.2) is 0 Å². The van der Waals surface area contributed by atoms with Gasteiger partial charge in [-0.15, -0.1) is 0 Å². The first kappa shape index (κ1) is 14.8. The van der Waals surface area contributed by atoms with Crippen molar-refractivity contribution in [1.82, 2.24) is 0 Å². The van der Waals surface area contributed by atoms with Gasteiger partial charge in [0.25, 0.3) is 0 Å². The number of hydrogen-bond acceptors (Lipinski definition) is 2. The van der Waals surface area contributed by atoms with Gasteiger partial charge in [0.05, 0.1) is 23.6 Å². The predicted octanol–water partition coefficient (Wildman–Crippen LogP) is 4.33. The van der Waals surface area contributed by atoms with Gasteiger partial charge in [-0.2, -0.15) is 10.5 Å². The van der Waals surface area contributed by atoms with Crippen LogP contribution in [0.5, 0.6) is 0 Å². The first-order valence-corrected chi connectivity index (χ1v) is 7.01. The molecule has 0 heterocycles. The zero-order valence-electron chi connectivity index (χ0n) is 12.6. The minimum absolute atomic E-state index is 0.224. The maximum Gasteiger partial charge on any atom is 0.0991 e. The van der Waals surface area contributed by atoms with Crippen molar-refractivity contribution in [2.75, 3.05) is 0 Å². The van der Waals surface area contributed by atoms with Crippen LogP contribution >= 0.6 is 0 Å². The molecule has 0 aliphatic rings. The molecule has 0 N–H and O–H groups in total. The SMILES string of the molecule is Cc1cc(C)c(CC(C#N)c2cccc(C#N)c2)c(C)c1. The normalized spacial score (nSPS) is 11.5. The summed E-state index contributed by atoms with van der Waals surface area (Å²) in [4.78, 5) is 0. The van der Waals surface area contributed by atoms with Crippen molar-refractivity contribution in [3.05, 3.63) is 69.8 Å². The number of hydrogen-bond donors (Lipinski definition) is 0. The Morgan fingerprint density at radius 2 is 1.67 bits per heavy atom. The lowest BCUT2D eigenvalue weighted by molar-refractivity contribution is 0.835. The molecule has 0 bridgehead atoms. The van der Waals surface area contributed by atoms with Crippen LogP contribution in [0.2, 0.25) is 0 Å². The largest absolute Gasteiger partial charge is 0.198 e. The number of rotatable bonds is 3. The minimum Gasteiger partial charge on any atom is -0.198 e. The molecule has 2 heteroatoms. The Labute approximate surface area is 126 Å². The Bertz CT molecular complexity index is 722. The van der Waals surface area contributed by atoms with Crippen molar-refractivity contribution in [3.8, 4) is 12.1 Å². The third-order valence-corrected chi connectivity index (χ3v) is 3.82. The van der Waals surface area contributed by atoms with Crippen LogP contribution in [0.4, 0.5) is 0 Å². The lowest BCUT2D eigenvalue weighted by Gasteiger charge is -2.15. The molecule has 0 saturated carbocycles. The zero-order chi connectivity index (χ0) is 15.4. The van der Waals surface area contributed by atoms with Gasteiger partial charge < -0.3 is 0 Å². The van der Waals surface area contributed by atoms with Gasteiger partial charge in [0, 0.05) is 0 Å². The summed E-state index contributed by atoms with van der Waals surface area (Å²) in [7, 11) is 0. The van der Waals surface area contributed by atoms with Crippen LogP contribution < -0.4 is 0 Å². The van der Waals surface area contributed by atoms with Gasteiger partial charge in [-0.1, -0.05) is 29.8 Å². The van der Waals surface area contributed by atoms with E-state index in [1.54, 1.807) is 6.07 Å². The molecule has 0 saturated heterocycles. The summed E-state index contributed by atoms with van der Waals surface area (Å²) >= 11 is 0. The van der Waals surface area contributed by atoms with Crippen molar-refractivity contribution >= 4 is 0 Å². The van der Waals surface area contributed by atoms with E-state index in [1.165, 1.54) is 22.3 Å². The van der Waals surface area contributed by atoms with Crippen LogP contribution in [0.25, 0.3) is 0 Å². The molecule has 2 aromatic carbocycles. The zero-order valence-corrected chi connectivity index (χ0v) is 12.6. The van der Waals surface area contributed by atoms with Gasteiger partial charge in [0.1, 0.15) is 0 Å². The summed E-state index contributed by atoms with van der Waals surface area (Å²) in [6, 6.07) is 16.2. The molecule has 1 unspecified atom stereocenters. The fraction of sp³-hybridized carbons (Fsp3) is 0.263. The number of nitrogens with zero attached hydrogens (tertiary/aromatic N) is 2. The van der Waals surface area contributed by atoms with Gasteiger partial charge in [0.2, 0.25) is 0 Å². The van der Waals surface area contributed by atoms with Crippen molar-refractivity contribution in [2.45, 2.75) is 33.1 Å². The van der Waals surface area contributed by atoms with Crippen LogP contribution in [0.15, 0.2) is 36.4 Å². The summed E-state index contributed by atoms with van der Waals surface area (Å²) in [5.41, 5.74) is 6.44. The predicted molar refractivity (Wildman–Crippen MR) is 83.9 cm³/mol. The highest BCUT2D eigenvalue weighted by molar-refractivity contribution is 5.42. The summed E-state index contributed by atoms with van der Waals surface area (Å²) in [6.07, 6.45) is 0.684. The molecule has 1 atom stereocenters. The molecule has 0 spiro atoms. The van der Waals surface area contributed by atoms with Crippen LogP contribution in [0, 0.1) is 43.4 Å².